The van der Waals surface area contributed by atoms with Crippen molar-refractivity contribution < 1.29 is 8.42 Å². The number of nitrogens with one attached hydrogen (secondary N) is 2. The molecule has 7 heteroatoms. The van der Waals surface area contributed by atoms with Gasteiger partial charge in [-0.05, 0) is 36.2 Å². The van der Waals surface area contributed by atoms with Crippen molar-refractivity contribution in [2.45, 2.75) is 17.2 Å². The quantitative estimate of drug-likeness (QED) is 0.902. The Morgan fingerprint density at radius 3 is 3.00 bits per heavy atom. The molecule has 2 N–H and O–H groups in total. The third-order valence-corrected chi connectivity index (χ3v) is 5.67. The van der Waals surface area contributed by atoms with Gasteiger partial charge in [0.05, 0.1) is 11.7 Å². The predicted octanol–water partition coefficient (Wildman–Crippen LogP) is 1.59. The summed E-state index contributed by atoms with van der Waals surface area (Å²) in [7, 11) is -3.51. The van der Waals surface area contributed by atoms with Gasteiger partial charge in [0.15, 0.2) is 4.21 Å². The number of aromatic nitrogens is 1. The normalized spacial score (nSPS) is 14.9. The number of thiazole rings is 1. The summed E-state index contributed by atoms with van der Waals surface area (Å²) >= 11 is 1.11. The molecule has 1 aliphatic rings. The minimum absolute atomic E-state index is 0.229. The first-order chi connectivity index (χ1) is 9.15. The zero-order valence-corrected chi connectivity index (χ0v) is 11.7. The largest absolute Gasteiger partial charge is 0.312 e. The number of hydrogen-bond acceptors (Lipinski definition) is 5. The molecule has 2 heterocycles. The van der Waals surface area contributed by atoms with E-state index in [0.717, 1.165) is 30.8 Å². The summed E-state index contributed by atoms with van der Waals surface area (Å²) in [5.41, 5.74) is 4.54. The molecule has 100 valence electrons. The van der Waals surface area contributed by atoms with Crippen LogP contribution >= 0.6 is 11.3 Å². The lowest BCUT2D eigenvalue weighted by Crippen LogP contribution is -2.23. The molecule has 0 atom stereocenters. The number of nitrogens with zero attached hydrogens (tertiary/aromatic N) is 1. The van der Waals surface area contributed by atoms with Gasteiger partial charge in [-0.3, -0.25) is 9.71 Å². The van der Waals surface area contributed by atoms with Crippen LogP contribution in [0.1, 0.15) is 11.1 Å². The molecule has 5 nitrogen and oxygen atoms in total. The number of sulfonamides is 1. The van der Waals surface area contributed by atoms with Gasteiger partial charge in [-0.25, -0.2) is 8.42 Å². The Hall–Kier alpha value is -1.44. The van der Waals surface area contributed by atoms with Gasteiger partial charge < -0.3 is 5.32 Å². The Labute approximate surface area is 115 Å². The van der Waals surface area contributed by atoms with E-state index in [2.05, 4.69) is 15.0 Å². The molecular formula is C12H13N3O2S2. The van der Waals surface area contributed by atoms with Crippen LogP contribution in [0.2, 0.25) is 0 Å². The molecule has 1 aromatic heterocycles. The SMILES string of the molecule is O=S(=O)(Nc1ccc2c(c1)CCNC2)c1cncs1. The van der Waals surface area contributed by atoms with E-state index in [1.54, 1.807) is 6.07 Å². The van der Waals surface area contributed by atoms with E-state index in [4.69, 9.17) is 0 Å². The summed E-state index contributed by atoms with van der Waals surface area (Å²) < 4.78 is 27.0. The first-order valence-corrected chi connectivity index (χ1v) is 8.25. The van der Waals surface area contributed by atoms with Gasteiger partial charge in [-0.2, -0.15) is 0 Å². The van der Waals surface area contributed by atoms with E-state index in [9.17, 15) is 8.42 Å². The number of benzene rings is 1. The van der Waals surface area contributed by atoms with Crippen LogP contribution in [0.3, 0.4) is 0 Å². The summed E-state index contributed by atoms with van der Waals surface area (Å²) in [4.78, 5) is 3.79. The van der Waals surface area contributed by atoms with Gasteiger partial charge in [0.2, 0.25) is 0 Å². The van der Waals surface area contributed by atoms with E-state index < -0.39 is 10.0 Å². The summed E-state index contributed by atoms with van der Waals surface area (Å²) in [6, 6.07) is 5.67. The van der Waals surface area contributed by atoms with Gasteiger partial charge in [-0.1, -0.05) is 6.07 Å². The molecule has 3 rings (SSSR count). The second kappa shape index (κ2) is 4.92. The number of rotatable bonds is 3. The van der Waals surface area contributed by atoms with E-state index in [1.165, 1.54) is 22.8 Å². The number of hydrogen-bond donors (Lipinski definition) is 2. The minimum atomic E-state index is -3.51. The summed E-state index contributed by atoms with van der Waals surface area (Å²) in [5, 5.41) is 3.29. The lowest BCUT2D eigenvalue weighted by molar-refractivity contribution is 0.603. The maximum Gasteiger partial charge on any atom is 0.273 e. The third-order valence-electron chi connectivity index (χ3n) is 3.02. The molecule has 0 radical (unpaired) electrons. The lowest BCUT2D eigenvalue weighted by atomic mass is 10.0. The molecule has 0 spiro atoms. The van der Waals surface area contributed by atoms with Crippen LogP contribution in [0, 0.1) is 0 Å². The molecular weight excluding hydrogens is 282 g/mol. The van der Waals surface area contributed by atoms with Gasteiger partial charge in [-0.15, -0.1) is 11.3 Å². The number of anilines is 1. The maximum atomic E-state index is 12.1. The Morgan fingerprint density at radius 2 is 2.21 bits per heavy atom. The Balaban J connectivity index is 1.88. The average Bonchev–Trinajstić information content (AvgIpc) is 2.93. The van der Waals surface area contributed by atoms with Crippen LogP contribution in [0.5, 0.6) is 0 Å². The number of fused-ring (bicyclic) bond motifs is 1. The van der Waals surface area contributed by atoms with Gasteiger partial charge >= 0.3 is 0 Å². The lowest BCUT2D eigenvalue weighted by Gasteiger charge is -2.18. The Bertz CT molecular complexity index is 681. The van der Waals surface area contributed by atoms with Crippen molar-refractivity contribution >= 4 is 27.0 Å². The molecule has 1 aromatic carbocycles. The Morgan fingerprint density at radius 1 is 1.32 bits per heavy atom. The highest BCUT2D eigenvalue weighted by Gasteiger charge is 2.17. The highest BCUT2D eigenvalue weighted by atomic mass is 32.2. The first-order valence-electron chi connectivity index (χ1n) is 5.89. The molecule has 0 saturated carbocycles. The highest BCUT2D eigenvalue weighted by Crippen LogP contribution is 2.22. The van der Waals surface area contributed by atoms with Crippen LogP contribution in [-0.2, 0) is 23.0 Å². The molecule has 0 amide bonds. The fourth-order valence-electron chi connectivity index (χ4n) is 2.08. The van der Waals surface area contributed by atoms with Gasteiger partial charge in [0.1, 0.15) is 0 Å². The molecule has 0 bridgehead atoms. The minimum Gasteiger partial charge on any atom is -0.312 e. The average molecular weight is 295 g/mol. The van der Waals surface area contributed by atoms with Crippen LogP contribution in [0.15, 0.2) is 34.1 Å². The van der Waals surface area contributed by atoms with Crippen molar-refractivity contribution in [3.63, 3.8) is 0 Å². The molecule has 0 aliphatic carbocycles. The van der Waals surface area contributed by atoms with E-state index in [0.29, 0.717) is 5.69 Å². The van der Waals surface area contributed by atoms with Gasteiger partial charge in [0, 0.05) is 12.2 Å². The molecule has 1 aliphatic heterocycles. The summed E-state index contributed by atoms with van der Waals surface area (Å²) in [6.45, 7) is 1.77. The summed E-state index contributed by atoms with van der Waals surface area (Å²) in [5.74, 6) is 0. The maximum absolute atomic E-state index is 12.1. The predicted molar refractivity (Wildman–Crippen MR) is 74.8 cm³/mol. The van der Waals surface area contributed by atoms with E-state index in [-0.39, 0.29) is 4.21 Å². The highest BCUT2D eigenvalue weighted by molar-refractivity contribution is 7.94. The molecule has 0 saturated heterocycles. The second-order valence-electron chi connectivity index (χ2n) is 4.34. The molecule has 2 aromatic rings. The van der Waals surface area contributed by atoms with Crippen molar-refractivity contribution in [3.05, 3.63) is 41.0 Å². The van der Waals surface area contributed by atoms with E-state index >= 15 is 0 Å². The van der Waals surface area contributed by atoms with E-state index in [1.807, 2.05) is 12.1 Å². The van der Waals surface area contributed by atoms with Crippen molar-refractivity contribution in [3.8, 4) is 0 Å². The van der Waals surface area contributed by atoms with Crippen LogP contribution in [0.4, 0.5) is 5.69 Å². The fourth-order valence-corrected chi connectivity index (χ4v) is 3.93. The van der Waals surface area contributed by atoms with Gasteiger partial charge in [0.25, 0.3) is 10.0 Å². The monoisotopic (exact) mass is 295 g/mol. The molecule has 0 unspecified atom stereocenters. The van der Waals surface area contributed by atoms with Crippen molar-refractivity contribution in [2.75, 3.05) is 11.3 Å². The van der Waals surface area contributed by atoms with Crippen molar-refractivity contribution in [1.82, 2.24) is 10.3 Å². The standard InChI is InChI=1S/C12H13N3O2S2/c16-19(17,12-7-14-8-18-12)15-11-2-1-10-6-13-4-3-9(10)5-11/h1-2,5,7-8,13,15H,3-4,6H2. The topological polar surface area (TPSA) is 71.1 Å². The smallest absolute Gasteiger partial charge is 0.273 e. The molecule has 19 heavy (non-hydrogen) atoms. The summed E-state index contributed by atoms with van der Waals surface area (Å²) in [6.07, 6.45) is 2.28. The molecule has 0 fully saturated rings. The fraction of sp³-hybridized carbons (Fsp3) is 0.250. The van der Waals surface area contributed by atoms with Crippen LogP contribution in [0.25, 0.3) is 0 Å². The van der Waals surface area contributed by atoms with Crippen LogP contribution in [-0.4, -0.2) is 19.9 Å². The second-order valence-corrected chi connectivity index (χ2v) is 7.13. The third kappa shape index (κ3) is 2.63. The zero-order chi connectivity index (χ0) is 13.3. The van der Waals surface area contributed by atoms with Crippen LogP contribution < -0.4 is 10.0 Å². The zero-order valence-electron chi connectivity index (χ0n) is 10.1. The Kier molecular flexibility index (Phi) is 3.26. The van der Waals surface area contributed by atoms with Crippen molar-refractivity contribution in [1.29, 1.82) is 0 Å². The van der Waals surface area contributed by atoms with Crippen molar-refractivity contribution in [2.24, 2.45) is 0 Å². The first kappa shape index (κ1) is 12.6.